The molecule has 0 aromatic heterocycles. The molecule has 1 amide bonds. The van der Waals surface area contributed by atoms with E-state index in [2.05, 4.69) is 22.3 Å². The van der Waals surface area contributed by atoms with Crippen molar-refractivity contribution in [2.24, 2.45) is 0 Å². The number of para-hydroxylation sites is 1. The summed E-state index contributed by atoms with van der Waals surface area (Å²) in [5, 5.41) is 11.9. The summed E-state index contributed by atoms with van der Waals surface area (Å²) in [6.45, 7) is 2.60. The van der Waals surface area contributed by atoms with Gasteiger partial charge in [0, 0.05) is 12.6 Å². The Bertz CT molecular complexity index is 863. The van der Waals surface area contributed by atoms with E-state index in [1.807, 2.05) is 36.4 Å². The molecule has 192 valence electrons. The van der Waals surface area contributed by atoms with Gasteiger partial charge in [-0.05, 0) is 67.6 Å². The number of nitrogens with one attached hydrogen (secondary N) is 1. The molecule has 2 aromatic rings. The molecule has 1 atom stereocenters. The summed E-state index contributed by atoms with van der Waals surface area (Å²) in [6.07, 6.45) is 10.8. The van der Waals surface area contributed by atoms with E-state index >= 15 is 0 Å². The maximum absolute atomic E-state index is 11.3. The van der Waals surface area contributed by atoms with E-state index in [9.17, 15) is 9.90 Å². The second-order valence-corrected chi connectivity index (χ2v) is 9.64. The predicted octanol–water partition coefficient (Wildman–Crippen LogP) is 6.10. The Morgan fingerprint density at radius 2 is 1.54 bits per heavy atom. The van der Waals surface area contributed by atoms with Crippen molar-refractivity contribution >= 4 is 6.09 Å². The van der Waals surface area contributed by atoms with Crippen LogP contribution in [0.4, 0.5) is 4.79 Å². The van der Waals surface area contributed by atoms with Gasteiger partial charge in [0.25, 0.3) is 0 Å². The van der Waals surface area contributed by atoms with Crippen molar-refractivity contribution < 1.29 is 19.4 Å². The maximum Gasteiger partial charge on any atom is 0.404 e. The molecule has 1 saturated heterocycles. The lowest BCUT2D eigenvalue weighted by Crippen LogP contribution is -2.46. The lowest BCUT2D eigenvalue weighted by atomic mass is 9.88. The molecule has 6 heteroatoms. The van der Waals surface area contributed by atoms with E-state index in [4.69, 9.17) is 9.47 Å². The van der Waals surface area contributed by atoms with Crippen molar-refractivity contribution in [3.8, 4) is 11.5 Å². The Labute approximate surface area is 210 Å². The van der Waals surface area contributed by atoms with Crippen molar-refractivity contribution in [2.45, 2.75) is 69.7 Å². The van der Waals surface area contributed by atoms with Crippen molar-refractivity contribution in [3.05, 3.63) is 59.7 Å². The fourth-order valence-electron chi connectivity index (χ4n) is 5.18. The Kier molecular flexibility index (Phi) is 11.2. The summed E-state index contributed by atoms with van der Waals surface area (Å²) in [6, 6.07) is 15.9. The summed E-state index contributed by atoms with van der Waals surface area (Å²) in [5.41, 5.74) is 2.36. The molecule has 2 aromatic carbocycles. The zero-order chi connectivity index (χ0) is 24.9. The first-order valence-corrected chi connectivity index (χ1v) is 13.1. The standard InChI is InChI=1S/C23H30N2O4.C6H12/c1-28-20-9-7-17(8-10-20)15-19(24-23(26)27)16-25-13-11-18(12-14-25)21-5-3-4-6-22(21)29-2;1-2-4-6-5-3-1/h3-10,18-19,24H,11-16H2,1-2H3,(H,26,27);1-6H2/t19-;/m1./s1. The van der Waals surface area contributed by atoms with Gasteiger partial charge in [-0.1, -0.05) is 68.9 Å². The molecule has 2 aliphatic rings. The van der Waals surface area contributed by atoms with Crippen LogP contribution in [0.3, 0.4) is 0 Å². The fraction of sp³-hybridized carbons (Fsp3) is 0.552. The van der Waals surface area contributed by atoms with Gasteiger partial charge in [-0.15, -0.1) is 0 Å². The topological polar surface area (TPSA) is 71.0 Å². The predicted molar refractivity (Wildman–Crippen MR) is 141 cm³/mol. The molecule has 0 bridgehead atoms. The molecule has 0 radical (unpaired) electrons. The van der Waals surface area contributed by atoms with Gasteiger partial charge in [-0.3, -0.25) is 0 Å². The molecule has 1 saturated carbocycles. The average molecular weight is 483 g/mol. The largest absolute Gasteiger partial charge is 0.497 e. The molecule has 0 spiro atoms. The number of ether oxygens (including phenoxy) is 2. The minimum atomic E-state index is -0.979. The summed E-state index contributed by atoms with van der Waals surface area (Å²) >= 11 is 0. The van der Waals surface area contributed by atoms with Crippen molar-refractivity contribution in [3.63, 3.8) is 0 Å². The second kappa shape index (κ2) is 14.6. The lowest BCUT2D eigenvalue weighted by Gasteiger charge is -2.34. The van der Waals surface area contributed by atoms with Gasteiger partial charge < -0.3 is 24.8 Å². The molecule has 2 N–H and O–H groups in total. The molecule has 1 aliphatic heterocycles. The minimum Gasteiger partial charge on any atom is -0.497 e. The normalized spacial score (nSPS) is 17.5. The Morgan fingerprint density at radius 3 is 2.09 bits per heavy atom. The number of hydrogen-bond acceptors (Lipinski definition) is 4. The van der Waals surface area contributed by atoms with Crippen LogP contribution < -0.4 is 14.8 Å². The number of piperidine rings is 1. The third kappa shape index (κ3) is 9.10. The minimum absolute atomic E-state index is 0.149. The molecular weight excluding hydrogens is 440 g/mol. The molecule has 1 aliphatic carbocycles. The third-order valence-corrected chi connectivity index (χ3v) is 7.11. The van der Waals surface area contributed by atoms with Crippen LogP contribution in [0.15, 0.2) is 48.5 Å². The van der Waals surface area contributed by atoms with Gasteiger partial charge in [-0.2, -0.15) is 0 Å². The van der Waals surface area contributed by atoms with Crippen molar-refractivity contribution in [1.29, 1.82) is 0 Å². The quantitative estimate of drug-likeness (QED) is 0.475. The van der Waals surface area contributed by atoms with Crippen LogP contribution in [0.25, 0.3) is 0 Å². The zero-order valence-corrected chi connectivity index (χ0v) is 21.4. The highest BCUT2D eigenvalue weighted by molar-refractivity contribution is 5.65. The number of likely N-dealkylation sites (tertiary alicyclic amines) is 1. The summed E-state index contributed by atoms with van der Waals surface area (Å²) in [7, 11) is 3.35. The fourth-order valence-corrected chi connectivity index (χ4v) is 5.18. The van der Waals surface area contributed by atoms with Crippen LogP contribution in [0.5, 0.6) is 11.5 Å². The van der Waals surface area contributed by atoms with Crippen LogP contribution in [0.1, 0.15) is 68.4 Å². The molecule has 4 rings (SSSR count). The highest BCUT2D eigenvalue weighted by Crippen LogP contribution is 2.34. The maximum atomic E-state index is 11.3. The van der Waals surface area contributed by atoms with Crippen LogP contribution >= 0.6 is 0 Å². The number of amides is 1. The average Bonchev–Trinajstić information content (AvgIpc) is 2.90. The van der Waals surface area contributed by atoms with Crippen LogP contribution in [-0.4, -0.2) is 56.0 Å². The third-order valence-electron chi connectivity index (χ3n) is 7.11. The lowest BCUT2D eigenvalue weighted by molar-refractivity contribution is 0.168. The van der Waals surface area contributed by atoms with Gasteiger partial charge in [0.1, 0.15) is 11.5 Å². The monoisotopic (exact) mass is 482 g/mol. The first kappa shape index (κ1) is 26.9. The van der Waals surface area contributed by atoms with E-state index in [1.54, 1.807) is 14.2 Å². The highest BCUT2D eigenvalue weighted by atomic mass is 16.5. The van der Waals surface area contributed by atoms with E-state index in [0.717, 1.165) is 43.0 Å². The van der Waals surface area contributed by atoms with Gasteiger partial charge >= 0.3 is 6.09 Å². The van der Waals surface area contributed by atoms with E-state index < -0.39 is 6.09 Å². The number of nitrogens with zero attached hydrogens (tertiary/aromatic N) is 1. The first-order chi connectivity index (χ1) is 17.1. The number of hydrogen-bond donors (Lipinski definition) is 2. The number of carboxylic acid groups (broad SMARTS) is 1. The molecule has 0 unspecified atom stereocenters. The Balaban J connectivity index is 0.000000497. The van der Waals surface area contributed by atoms with Gasteiger partial charge in [0.05, 0.1) is 14.2 Å². The molecule has 35 heavy (non-hydrogen) atoms. The first-order valence-electron chi connectivity index (χ1n) is 13.1. The highest BCUT2D eigenvalue weighted by Gasteiger charge is 2.25. The number of benzene rings is 2. The van der Waals surface area contributed by atoms with Gasteiger partial charge in [-0.25, -0.2) is 4.79 Å². The van der Waals surface area contributed by atoms with E-state index in [0.29, 0.717) is 18.9 Å². The van der Waals surface area contributed by atoms with E-state index in [-0.39, 0.29) is 6.04 Å². The molecule has 2 fully saturated rings. The number of rotatable bonds is 8. The van der Waals surface area contributed by atoms with Gasteiger partial charge in [0.2, 0.25) is 0 Å². The van der Waals surface area contributed by atoms with Crippen LogP contribution in [-0.2, 0) is 6.42 Å². The molecule has 6 nitrogen and oxygen atoms in total. The summed E-state index contributed by atoms with van der Waals surface area (Å²) in [5.74, 6) is 2.24. The summed E-state index contributed by atoms with van der Waals surface area (Å²) in [4.78, 5) is 13.6. The van der Waals surface area contributed by atoms with Crippen molar-refractivity contribution in [1.82, 2.24) is 10.2 Å². The van der Waals surface area contributed by atoms with Crippen LogP contribution in [0, 0.1) is 0 Å². The van der Waals surface area contributed by atoms with Crippen LogP contribution in [0.2, 0.25) is 0 Å². The van der Waals surface area contributed by atoms with E-state index in [1.165, 1.54) is 44.1 Å². The number of carbonyl (C=O) groups is 1. The molecule has 1 heterocycles. The SMILES string of the molecule is C1CCCCC1.COc1ccc(C[C@H](CN2CCC(c3ccccc3OC)CC2)NC(=O)O)cc1. The second-order valence-electron chi connectivity index (χ2n) is 9.64. The number of methoxy groups -OCH3 is 2. The van der Waals surface area contributed by atoms with Crippen molar-refractivity contribution in [2.75, 3.05) is 33.9 Å². The molecular formula is C29H42N2O4. The van der Waals surface area contributed by atoms with Gasteiger partial charge in [0.15, 0.2) is 0 Å². The zero-order valence-electron chi connectivity index (χ0n) is 21.4. The Hall–Kier alpha value is -2.73. The smallest absolute Gasteiger partial charge is 0.404 e. The summed E-state index contributed by atoms with van der Waals surface area (Å²) < 4.78 is 10.7. The Morgan fingerprint density at radius 1 is 0.943 bits per heavy atom.